The molecule has 0 bridgehead atoms. The third kappa shape index (κ3) is 5.67. The van der Waals surface area contributed by atoms with Gasteiger partial charge >= 0.3 is 0 Å². The monoisotopic (exact) mass is 503 g/mol. The maximum atomic E-state index is 13.3. The number of thioether (sulfide) groups is 1. The van der Waals surface area contributed by atoms with Crippen molar-refractivity contribution in [2.24, 2.45) is 4.40 Å². The summed E-state index contributed by atoms with van der Waals surface area (Å²) >= 11 is 1.01. The van der Waals surface area contributed by atoms with Crippen LogP contribution in [0.3, 0.4) is 0 Å². The minimum Gasteiger partial charge on any atom is -0.326 e. The first-order valence-corrected chi connectivity index (χ1v) is 13.5. The molecule has 0 aromatic heterocycles. The Bertz CT molecular complexity index is 1190. The van der Waals surface area contributed by atoms with Gasteiger partial charge in [0.15, 0.2) is 5.17 Å². The number of rotatable bonds is 6. The van der Waals surface area contributed by atoms with E-state index in [1.165, 1.54) is 41.3 Å². The molecular weight excluding hydrogens is 477 g/mol. The quantitative estimate of drug-likeness (QED) is 0.627. The number of anilines is 1. The van der Waals surface area contributed by atoms with E-state index in [0.29, 0.717) is 5.69 Å². The molecular formula is C24H26FN3O4S2. The van der Waals surface area contributed by atoms with Gasteiger partial charge in [0.1, 0.15) is 11.1 Å². The van der Waals surface area contributed by atoms with Gasteiger partial charge < -0.3 is 5.32 Å². The van der Waals surface area contributed by atoms with Crippen molar-refractivity contribution in [2.75, 3.05) is 5.32 Å². The number of amides is 2. The standard InChI is InChI=1S/C24H26FN3O4S2/c1-16-7-13-20(14-8-16)34(31,32)27-24-28(19-5-3-2-4-6-19)23(30)21(33-24)15-22(29)26-18-11-9-17(25)10-12-18/h7-14,19,21H,2-6,15H2,1H3,(H,26,29)/t21-/m0/s1. The number of benzene rings is 2. The second kappa shape index (κ2) is 10.3. The molecule has 0 spiro atoms. The Labute approximate surface area is 202 Å². The van der Waals surface area contributed by atoms with Gasteiger partial charge in [-0.25, -0.2) is 4.39 Å². The zero-order chi connectivity index (χ0) is 24.3. The Balaban J connectivity index is 1.57. The van der Waals surface area contributed by atoms with Gasteiger partial charge in [0.2, 0.25) is 11.8 Å². The number of halogens is 1. The number of nitrogens with zero attached hydrogens (tertiary/aromatic N) is 2. The Morgan fingerprint density at radius 2 is 1.74 bits per heavy atom. The molecule has 180 valence electrons. The number of hydrogen-bond donors (Lipinski definition) is 1. The highest BCUT2D eigenvalue weighted by molar-refractivity contribution is 8.16. The molecule has 1 saturated heterocycles. The second-order valence-electron chi connectivity index (χ2n) is 8.53. The molecule has 1 N–H and O–H groups in total. The van der Waals surface area contributed by atoms with Crippen LogP contribution in [0, 0.1) is 12.7 Å². The van der Waals surface area contributed by atoms with Crippen LogP contribution in [0.4, 0.5) is 10.1 Å². The summed E-state index contributed by atoms with van der Waals surface area (Å²) in [5.74, 6) is -1.13. The van der Waals surface area contributed by atoms with E-state index in [1.54, 1.807) is 12.1 Å². The van der Waals surface area contributed by atoms with Crippen LogP contribution >= 0.6 is 11.8 Å². The smallest absolute Gasteiger partial charge is 0.284 e. The van der Waals surface area contributed by atoms with Crippen molar-refractivity contribution >= 4 is 44.5 Å². The molecule has 0 unspecified atom stereocenters. The van der Waals surface area contributed by atoms with Crippen molar-refractivity contribution in [2.45, 2.75) is 61.6 Å². The van der Waals surface area contributed by atoms with Crippen LogP contribution in [0.1, 0.15) is 44.1 Å². The number of amidine groups is 1. The van der Waals surface area contributed by atoms with E-state index in [0.717, 1.165) is 49.4 Å². The molecule has 1 aliphatic carbocycles. The normalized spacial score (nSPS) is 20.6. The lowest BCUT2D eigenvalue weighted by Crippen LogP contribution is -2.42. The molecule has 0 radical (unpaired) electrons. The second-order valence-corrected chi connectivity index (χ2v) is 11.3. The summed E-state index contributed by atoms with van der Waals surface area (Å²) in [6.07, 6.45) is 4.37. The predicted octanol–water partition coefficient (Wildman–Crippen LogP) is 4.48. The number of carbonyl (C=O) groups excluding carboxylic acids is 2. The summed E-state index contributed by atoms with van der Waals surface area (Å²) in [6.45, 7) is 1.86. The molecule has 2 aliphatic rings. The van der Waals surface area contributed by atoms with Crippen molar-refractivity contribution in [3.05, 3.63) is 59.9 Å². The van der Waals surface area contributed by atoms with Gasteiger partial charge in [-0.05, 0) is 56.2 Å². The van der Waals surface area contributed by atoms with Crippen molar-refractivity contribution in [1.29, 1.82) is 0 Å². The van der Waals surface area contributed by atoms with E-state index in [2.05, 4.69) is 9.71 Å². The third-order valence-electron chi connectivity index (χ3n) is 5.92. The molecule has 1 atom stereocenters. The van der Waals surface area contributed by atoms with Crippen molar-refractivity contribution < 1.29 is 22.4 Å². The SMILES string of the molecule is Cc1ccc(S(=O)(=O)N=C2S[C@@H](CC(=O)Nc3ccc(F)cc3)C(=O)N2C2CCCCC2)cc1. The van der Waals surface area contributed by atoms with Gasteiger partial charge in [-0.1, -0.05) is 48.7 Å². The van der Waals surface area contributed by atoms with E-state index >= 15 is 0 Å². The molecule has 34 heavy (non-hydrogen) atoms. The molecule has 7 nitrogen and oxygen atoms in total. The Morgan fingerprint density at radius 1 is 1.09 bits per heavy atom. The van der Waals surface area contributed by atoms with Crippen LogP contribution in [0.15, 0.2) is 57.8 Å². The average molecular weight is 504 g/mol. The molecule has 2 fully saturated rings. The lowest BCUT2D eigenvalue weighted by atomic mass is 9.94. The lowest BCUT2D eigenvalue weighted by Gasteiger charge is -2.30. The first-order valence-electron chi connectivity index (χ1n) is 11.2. The Morgan fingerprint density at radius 3 is 2.38 bits per heavy atom. The minimum atomic E-state index is -4.02. The molecule has 2 aromatic carbocycles. The molecule has 1 saturated carbocycles. The molecule has 4 rings (SSSR count). The van der Waals surface area contributed by atoms with Gasteiger partial charge in [0.25, 0.3) is 10.0 Å². The summed E-state index contributed by atoms with van der Waals surface area (Å²) in [6, 6.07) is 11.6. The van der Waals surface area contributed by atoms with Crippen molar-refractivity contribution in [3.63, 3.8) is 0 Å². The highest BCUT2D eigenvalue weighted by Gasteiger charge is 2.43. The summed E-state index contributed by atoms with van der Waals surface area (Å²) in [4.78, 5) is 27.4. The number of sulfonamides is 1. The van der Waals surface area contributed by atoms with Gasteiger partial charge in [-0.3, -0.25) is 14.5 Å². The largest absolute Gasteiger partial charge is 0.326 e. The van der Waals surface area contributed by atoms with E-state index in [1.807, 2.05) is 6.92 Å². The van der Waals surface area contributed by atoms with Crippen LogP contribution in [0.5, 0.6) is 0 Å². The summed E-state index contributed by atoms with van der Waals surface area (Å²) in [5, 5.41) is 2.00. The highest BCUT2D eigenvalue weighted by Crippen LogP contribution is 2.36. The van der Waals surface area contributed by atoms with Crippen LogP contribution in [-0.4, -0.2) is 41.6 Å². The van der Waals surface area contributed by atoms with Crippen LogP contribution in [0.2, 0.25) is 0 Å². The number of nitrogens with one attached hydrogen (secondary N) is 1. The number of carbonyl (C=O) groups is 2. The Kier molecular flexibility index (Phi) is 7.37. The van der Waals surface area contributed by atoms with E-state index in [-0.39, 0.29) is 28.4 Å². The summed E-state index contributed by atoms with van der Waals surface area (Å²) < 4.78 is 43.1. The maximum Gasteiger partial charge on any atom is 0.284 e. The third-order valence-corrected chi connectivity index (χ3v) is 8.47. The van der Waals surface area contributed by atoms with E-state index in [9.17, 15) is 22.4 Å². The zero-order valence-corrected chi connectivity index (χ0v) is 20.4. The van der Waals surface area contributed by atoms with Gasteiger partial charge in [-0.2, -0.15) is 8.42 Å². The number of hydrogen-bond acceptors (Lipinski definition) is 5. The summed E-state index contributed by atoms with van der Waals surface area (Å²) in [5.41, 5.74) is 1.34. The fourth-order valence-corrected chi connectivity index (χ4v) is 6.53. The molecule has 1 aliphatic heterocycles. The Hall–Kier alpha value is -2.72. The number of aryl methyl sites for hydroxylation is 1. The molecule has 2 amide bonds. The fourth-order valence-electron chi connectivity index (χ4n) is 4.13. The first kappa shape index (κ1) is 24.4. The van der Waals surface area contributed by atoms with Crippen LogP contribution in [0.25, 0.3) is 0 Å². The molecule has 10 heteroatoms. The first-order chi connectivity index (χ1) is 16.2. The van der Waals surface area contributed by atoms with Crippen LogP contribution < -0.4 is 5.32 Å². The van der Waals surface area contributed by atoms with Gasteiger partial charge in [0, 0.05) is 18.2 Å². The average Bonchev–Trinajstić information content (AvgIpc) is 3.10. The topological polar surface area (TPSA) is 95.9 Å². The zero-order valence-electron chi connectivity index (χ0n) is 18.7. The molecule has 1 heterocycles. The van der Waals surface area contributed by atoms with E-state index < -0.39 is 27.0 Å². The van der Waals surface area contributed by atoms with Gasteiger partial charge in [-0.15, -0.1) is 4.40 Å². The predicted molar refractivity (Wildman–Crippen MR) is 131 cm³/mol. The highest BCUT2D eigenvalue weighted by atomic mass is 32.2. The maximum absolute atomic E-state index is 13.3. The summed E-state index contributed by atoms with van der Waals surface area (Å²) in [7, 11) is -4.02. The van der Waals surface area contributed by atoms with Gasteiger partial charge in [0.05, 0.1) is 4.90 Å². The van der Waals surface area contributed by atoms with Crippen molar-refractivity contribution in [3.8, 4) is 0 Å². The minimum absolute atomic E-state index is 0.0553. The van der Waals surface area contributed by atoms with Crippen molar-refractivity contribution in [1.82, 2.24) is 4.90 Å². The van der Waals surface area contributed by atoms with E-state index in [4.69, 9.17) is 0 Å². The lowest BCUT2D eigenvalue weighted by molar-refractivity contribution is -0.130. The fraction of sp³-hybridized carbons (Fsp3) is 0.375. The molecule has 2 aromatic rings. The van der Waals surface area contributed by atoms with Crippen LogP contribution in [-0.2, 0) is 19.6 Å².